The Hall–Kier alpha value is -4.19. The molecular formula is C35H37F3N6O3. The normalized spacial score (nSPS) is 24.4. The second kappa shape index (κ2) is 11.5. The second-order valence-electron chi connectivity index (χ2n) is 13.8. The lowest BCUT2D eigenvalue weighted by atomic mass is 9.90. The molecule has 2 aromatic heterocycles. The molecular weight excluding hydrogens is 609 g/mol. The summed E-state index contributed by atoms with van der Waals surface area (Å²) in [5.74, 6) is -0.861. The number of aromatic nitrogens is 3. The summed E-state index contributed by atoms with van der Waals surface area (Å²) in [6, 6.07) is 8.12. The van der Waals surface area contributed by atoms with E-state index in [2.05, 4.69) is 20.2 Å². The number of carbonyl (C=O) groups excluding carboxylic acids is 1. The van der Waals surface area contributed by atoms with Gasteiger partial charge in [-0.3, -0.25) is 9.88 Å². The van der Waals surface area contributed by atoms with Crippen molar-refractivity contribution in [1.82, 2.24) is 25.2 Å². The molecule has 4 aromatic rings. The monoisotopic (exact) mass is 646 g/mol. The molecule has 3 saturated heterocycles. The highest BCUT2D eigenvalue weighted by Crippen LogP contribution is 2.41. The number of fused-ring (bicyclic) bond motifs is 7. The van der Waals surface area contributed by atoms with Crippen molar-refractivity contribution in [1.29, 1.82) is 0 Å². The summed E-state index contributed by atoms with van der Waals surface area (Å²) in [6.07, 6.45) is 4.68. The third-order valence-electron chi connectivity index (χ3n) is 10.4. The Morgan fingerprint density at radius 3 is 2.74 bits per heavy atom. The summed E-state index contributed by atoms with van der Waals surface area (Å²) < 4.78 is 59.3. The Balaban J connectivity index is 1.31. The van der Waals surface area contributed by atoms with Gasteiger partial charge in [-0.25, -0.2) is 18.0 Å². The van der Waals surface area contributed by atoms with E-state index in [1.54, 1.807) is 24.0 Å². The molecule has 2 aromatic carbocycles. The number of aryl methyl sites for hydroxylation is 1. The number of pyridine rings is 1. The van der Waals surface area contributed by atoms with E-state index >= 15 is 13.2 Å². The van der Waals surface area contributed by atoms with Crippen LogP contribution in [-0.2, 0) is 11.2 Å². The number of hydrogen-bond acceptors (Lipinski definition) is 8. The fraction of sp³-hybridized carbons (Fsp3) is 0.486. The van der Waals surface area contributed by atoms with E-state index in [0.717, 1.165) is 44.3 Å². The highest BCUT2D eigenvalue weighted by atomic mass is 19.1. The van der Waals surface area contributed by atoms with Crippen molar-refractivity contribution in [2.45, 2.75) is 69.1 Å². The topological polar surface area (TPSA) is 92.7 Å². The van der Waals surface area contributed by atoms with Gasteiger partial charge in [-0.15, -0.1) is 0 Å². The van der Waals surface area contributed by atoms with Crippen molar-refractivity contribution in [2.75, 3.05) is 44.3 Å². The lowest BCUT2D eigenvalue weighted by Gasteiger charge is -2.42. The third kappa shape index (κ3) is 5.30. The second-order valence-corrected chi connectivity index (χ2v) is 13.8. The molecule has 47 heavy (non-hydrogen) atoms. The average molecular weight is 647 g/mol. The zero-order valence-corrected chi connectivity index (χ0v) is 26.3. The van der Waals surface area contributed by atoms with E-state index in [9.17, 15) is 4.79 Å². The van der Waals surface area contributed by atoms with Crippen molar-refractivity contribution in [3.8, 4) is 17.3 Å². The number of nitrogens with zero attached hydrogens (tertiary/aromatic N) is 5. The molecule has 5 aliphatic rings. The number of anilines is 1. The van der Waals surface area contributed by atoms with Gasteiger partial charge in [-0.05, 0) is 81.6 Å². The van der Waals surface area contributed by atoms with Crippen LogP contribution in [0.2, 0.25) is 0 Å². The van der Waals surface area contributed by atoms with Crippen molar-refractivity contribution in [3.63, 3.8) is 0 Å². The minimum absolute atomic E-state index is 0.00528. The van der Waals surface area contributed by atoms with E-state index in [1.807, 2.05) is 6.07 Å². The van der Waals surface area contributed by atoms with Crippen molar-refractivity contribution >= 4 is 33.6 Å². The standard InChI is InChI=1S/C35H37F3N6O3/c1-34-16-22(36)18-43(19-34)31-25-17-39-29(28(38)30(25)40-32(41-31)47-20-35-11-4-13-44(35)14-5-12-35)24-9-10-26(37)23-8-2-6-21(27(23)24)7-3-15-46-33(45)42-34/h2,6,8-10,17,22H,3-5,7,11-16,18-20H2,1H3,(H,42,45). The number of benzene rings is 2. The van der Waals surface area contributed by atoms with E-state index in [-0.39, 0.29) is 60.1 Å². The quantitative estimate of drug-likeness (QED) is 0.285. The number of ether oxygens (including phenoxy) is 2. The number of carbonyl (C=O) groups is 1. The van der Waals surface area contributed by atoms with Gasteiger partial charge in [0.2, 0.25) is 0 Å². The number of halogens is 3. The van der Waals surface area contributed by atoms with E-state index in [0.29, 0.717) is 35.8 Å². The summed E-state index contributed by atoms with van der Waals surface area (Å²) in [4.78, 5) is 31.0. The lowest BCUT2D eigenvalue weighted by molar-refractivity contribution is 0.107. The smallest absolute Gasteiger partial charge is 0.407 e. The van der Waals surface area contributed by atoms with Crippen LogP contribution in [0, 0.1) is 11.6 Å². The van der Waals surface area contributed by atoms with Gasteiger partial charge >= 0.3 is 12.1 Å². The minimum atomic E-state index is -1.31. The molecule has 5 aliphatic heterocycles. The van der Waals surface area contributed by atoms with Crippen molar-refractivity contribution in [3.05, 3.63) is 53.7 Å². The highest BCUT2D eigenvalue weighted by molar-refractivity contribution is 6.01. The molecule has 1 N–H and O–H groups in total. The molecule has 0 aliphatic carbocycles. The number of hydrogen-bond donors (Lipinski definition) is 1. The van der Waals surface area contributed by atoms with Crippen LogP contribution < -0.4 is 15.0 Å². The number of piperidine rings is 1. The van der Waals surface area contributed by atoms with Gasteiger partial charge in [0.05, 0.1) is 29.6 Å². The van der Waals surface area contributed by atoms with Crippen LogP contribution in [0.3, 0.4) is 0 Å². The van der Waals surface area contributed by atoms with Crippen LogP contribution >= 0.6 is 0 Å². The average Bonchev–Trinajstić information content (AvgIpc) is 3.63. The van der Waals surface area contributed by atoms with Crippen LogP contribution in [0.1, 0.15) is 51.0 Å². The maximum Gasteiger partial charge on any atom is 0.407 e. The van der Waals surface area contributed by atoms with Gasteiger partial charge in [0.1, 0.15) is 35.6 Å². The molecule has 0 radical (unpaired) electrons. The molecule has 0 spiro atoms. The number of amides is 1. The maximum atomic E-state index is 16.9. The number of nitrogens with one attached hydrogen (secondary N) is 1. The number of alkyl carbamates (subject to hydrolysis) is 1. The summed E-state index contributed by atoms with van der Waals surface area (Å²) >= 11 is 0. The summed E-state index contributed by atoms with van der Waals surface area (Å²) in [7, 11) is 0. The van der Waals surface area contributed by atoms with E-state index in [1.165, 1.54) is 18.3 Å². The lowest BCUT2D eigenvalue weighted by Crippen LogP contribution is -2.60. The van der Waals surface area contributed by atoms with Crippen molar-refractivity contribution < 1.29 is 27.4 Å². The predicted molar refractivity (Wildman–Crippen MR) is 171 cm³/mol. The van der Waals surface area contributed by atoms with Crippen LogP contribution in [0.5, 0.6) is 6.01 Å². The highest BCUT2D eigenvalue weighted by Gasteiger charge is 2.45. The molecule has 7 heterocycles. The molecule has 2 atom stereocenters. The summed E-state index contributed by atoms with van der Waals surface area (Å²) in [5, 5.41) is 4.03. The van der Waals surface area contributed by atoms with Gasteiger partial charge < -0.3 is 19.7 Å². The Morgan fingerprint density at radius 1 is 1.09 bits per heavy atom. The molecule has 246 valence electrons. The minimum Gasteiger partial charge on any atom is -0.461 e. The molecule has 3 fully saturated rings. The first-order valence-electron chi connectivity index (χ1n) is 16.5. The first-order chi connectivity index (χ1) is 22.7. The Kier molecular flexibility index (Phi) is 7.38. The SMILES string of the molecule is CC12CC(F)CN(C1)c1nc(OCC34CCCN3CCC4)nc3c(F)c(ncc13)-c1ccc(F)c3cccc(c13)CCCOC(=O)N2. The Labute approximate surface area is 270 Å². The first-order valence-corrected chi connectivity index (χ1v) is 16.5. The number of alkyl halides is 1. The molecule has 9 rings (SSSR count). The largest absolute Gasteiger partial charge is 0.461 e. The van der Waals surface area contributed by atoms with Gasteiger partial charge in [0.25, 0.3) is 0 Å². The van der Waals surface area contributed by atoms with Crippen molar-refractivity contribution in [2.24, 2.45) is 0 Å². The fourth-order valence-electron chi connectivity index (χ4n) is 8.33. The van der Waals surface area contributed by atoms with Gasteiger partial charge in [-0.2, -0.15) is 9.97 Å². The Morgan fingerprint density at radius 2 is 1.91 bits per heavy atom. The fourth-order valence-corrected chi connectivity index (χ4v) is 8.33. The van der Waals surface area contributed by atoms with Gasteiger partial charge in [0, 0.05) is 30.1 Å². The number of rotatable bonds is 3. The molecule has 2 unspecified atom stereocenters. The molecule has 9 nitrogen and oxygen atoms in total. The van der Waals surface area contributed by atoms with Crippen LogP contribution in [-0.4, -0.2) is 82.6 Å². The third-order valence-corrected chi connectivity index (χ3v) is 10.4. The summed E-state index contributed by atoms with van der Waals surface area (Å²) in [6.45, 7) is 4.42. The molecule has 1 amide bonds. The Bertz CT molecular complexity index is 1880. The van der Waals surface area contributed by atoms with Crippen LogP contribution in [0.25, 0.3) is 32.9 Å². The summed E-state index contributed by atoms with van der Waals surface area (Å²) in [5.41, 5.74) is 0.0868. The first kappa shape index (κ1) is 30.2. The molecule has 12 heteroatoms. The molecule has 0 saturated carbocycles. The van der Waals surface area contributed by atoms with Gasteiger partial charge in [0.15, 0.2) is 5.82 Å². The predicted octanol–water partition coefficient (Wildman–Crippen LogP) is 6.11. The zero-order chi connectivity index (χ0) is 32.3. The van der Waals surface area contributed by atoms with Gasteiger partial charge in [-0.1, -0.05) is 18.2 Å². The maximum absolute atomic E-state index is 16.9. The molecule has 6 bridgehead atoms. The van der Waals surface area contributed by atoms with Crippen LogP contribution in [0.15, 0.2) is 36.5 Å². The van der Waals surface area contributed by atoms with E-state index in [4.69, 9.17) is 14.5 Å². The zero-order valence-electron chi connectivity index (χ0n) is 26.3. The van der Waals surface area contributed by atoms with Crippen LogP contribution in [0.4, 0.5) is 23.8 Å². The van der Waals surface area contributed by atoms with E-state index < -0.39 is 29.4 Å².